The standard InChI is InChI=1S/C54H94O7S/c1-3-5-7-9-11-13-15-17-19-21-23-25-27-29-31-33-35-37-39-41-43-47-60-53(55)51-46-45-50(62(57,58)59)49-52(51)54(56)61-48-44-42-40-38-36-34-32-30-28-26-24-22-20-18-16-14-12-10-8-6-4-2/h15-18,45-46,49H,3-14,19-44,47-48H2,1-2H3,(H,57,58,59)/b17-15+,18-16+. The molecule has 0 unspecified atom stereocenters. The highest BCUT2D eigenvalue weighted by Crippen LogP contribution is 2.20. The highest BCUT2D eigenvalue weighted by molar-refractivity contribution is 7.85. The number of rotatable bonds is 45. The van der Waals surface area contributed by atoms with E-state index in [9.17, 15) is 22.6 Å². The summed E-state index contributed by atoms with van der Waals surface area (Å²) in [5, 5.41) is 0. The molecule has 0 saturated carbocycles. The Balaban J connectivity index is 2.12. The summed E-state index contributed by atoms with van der Waals surface area (Å²) >= 11 is 0. The van der Waals surface area contributed by atoms with Crippen molar-refractivity contribution in [3.8, 4) is 0 Å². The third kappa shape index (κ3) is 35.0. The largest absolute Gasteiger partial charge is 0.462 e. The maximum absolute atomic E-state index is 13.0. The van der Waals surface area contributed by atoms with Crippen LogP contribution in [0.2, 0.25) is 0 Å². The Labute approximate surface area is 382 Å². The Bertz CT molecular complexity index is 1370. The Hall–Kier alpha value is -2.45. The average Bonchev–Trinajstić information content (AvgIpc) is 3.26. The molecular weight excluding hydrogens is 793 g/mol. The summed E-state index contributed by atoms with van der Waals surface area (Å²) in [7, 11) is -4.57. The van der Waals surface area contributed by atoms with Gasteiger partial charge < -0.3 is 9.47 Å². The fraction of sp³-hybridized carbons (Fsp3) is 0.778. The molecule has 0 aromatic heterocycles. The number of ether oxygens (including phenoxy) is 2. The van der Waals surface area contributed by atoms with Crippen LogP contribution >= 0.6 is 0 Å². The molecule has 0 radical (unpaired) electrons. The topological polar surface area (TPSA) is 107 Å². The van der Waals surface area contributed by atoms with Crippen molar-refractivity contribution in [3.63, 3.8) is 0 Å². The van der Waals surface area contributed by atoms with E-state index in [1.165, 1.54) is 205 Å². The van der Waals surface area contributed by atoms with Gasteiger partial charge in [-0.25, -0.2) is 9.59 Å². The molecule has 0 aliphatic rings. The Kier molecular flexibility index (Phi) is 39.5. The van der Waals surface area contributed by atoms with Gasteiger partial charge in [0, 0.05) is 0 Å². The van der Waals surface area contributed by atoms with Crippen molar-refractivity contribution < 1.29 is 32.0 Å². The van der Waals surface area contributed by atoms with Crippen molar-refractivity contribution in [1.29, 1.82) is 0 Å². The molecule has 0 amide bonds. The van der Waals surface area contributed by atoms with E-state index in [-0.39, 0.29) is 24.3 Å². The molecule has 0 aliphatic heterocycles. The van der Waals surface area contributed by atoms with Gasteiger partial charge in [-0.2, -0.15) is 8.42 Å². The number of carbonyl (C=O) groups excluding carboxylic acids is 2. The molecule has 0 fully saturated rings. The summed E-state index contributed by atoms with van der Waals surface area (Å²) < 4.78 is 44.1. The lowest BCUT2D eigenvalue weighted by atomic mass is 10.0. The summed E-state index contributed by atoms with van der Waals surface area (Å²) in [5.41, 5.74) is -0.264. The normalized spacial score (nSPS) is 11.9. The first-order chi connectivity index (χ1) is 30.3. The summed E-state index contributed by atoms with van der Waals surface area (Å²) in [4.78, 5) is 25.5. The first-order valence-electron chi connectivity index (χ1n) is 26.1. The maximum Gasteiger partial charge on any atom is 0.339 e. The van der Waals surface area contributed by atoms with Gasteiger partial charge in [-0.15, -0.1) is 0 Å². The summed E-state index contributed by atoms with van der Waals surface area (Å²) in [6.07, 6.45) is 56.7. The lowest BCUT2D eigenvalue weighted by molar-refractivity contribution is 0.0450. The minimum Gasteiger partial charge on any atom is -0.462 e. The third-order valence-corrected chi connectivity index (χ3v) is 12.9. The van der Waals surface area contributed by atoms with Crippen LogP contribution in [0.1, 0.15) is 279 Å². The van der Waals surface area contributed by atoms with Gasteiger partial charge in [-0.05, 0) is 82.4 Å². The molecule has 0 spiro atoms. The predicted molar refractivity (Wildman–Crippen MR) is 262 cm³/mol. The fourth-order valence-electron chi connectivity index (χ4n) is 7.98. The van der Waals surface area contributed by atoms with Crippen LogP contribution in [-0.2, 0) is 19.6 Å². The number of benzene rings is 1. The van der Waals surface area contributed by atoms with Crippen molar-refractivity contribution in [3.05, 3.63) is 53.6 Å². The summed E-state index contributed by atoms with van der Waals surface area (Å²) in [6, 6.07) is 3.32. The lowest BCUT2D eigenvalue weighted by Gasteiger charge is -2.11. The van der Waals surface area contributed by atoms with Gasteiger partial charge in [0.25, 0.3) is 10.1 Å². The smallest absolute Gasteiger partial charge is 0.339 e. The van der Waals surface area contributed by atoms with Gasteiger partial charge in [0.05, 0.1) is 29.2 Å². The molecule has 1 aromatic carbocycles. The van der Waals surface area contributed by atoms with Crippen LogP contribution in [0.15, 0.2) is 47.4 Å². The fourth-order valence-corrected chi connectivity index (χ4v) is 8.49. The molecule has 1 rings (SSSR count). The number of hydrogen-bond acceptors (Lipinski definition) is 6. The molecule has 1 N–H and O–H groups in total. The first-order valence-corrected chi connectivity index (χ1v) is 27.5. The van der Waals surface area contributed by atoms with Gasteiger partial charge in [-0.1, -0.05) is 218 Å². The quantitative estimate of drug-likeness (QED) is 0.0301. The molecule has 62 heavy (non-hydrogen) atoms. The van der Waals surface area contributed by atoms with E-state index in [2.05, 4.69) is 38.2 Å². The summed E-state index contributed by atoms with van der Waals surface area (Å²) in [5.74, 6) is -1.49. The van der Waals surface area contributed by atoms with Crippen LogP contribution in [0.3, 0.4) is 0 Å². The highest BCUT2D eigenvalue weighted by atomic mass is 32.2. The second-order valence-electron chi connectivity index (χ2n) is 17.9. The summed E-state index contributed by atoms with van der Waals surface area (Å²) in [6.45, 7) is 4.93. The zero-order valence-corrected chi connectivity index (χ0v) is 40.9. The van der Waals surface area contributed by atoms with Crippen molar-refractivity contribution >= 4 is 22.1 Å². The van der Waals surface area contributed by atoms with E-state index in [0.29, 0.717) is 6.42 Å². The molecule has 0 heterocycles. The zero-order chi connectivity index (χ0) is 45.0. The minimum atomic E-state index is -4.57. The van der Waals surface area contributed by atoms with Gasteiger partial charge in [-0.3, -0.25) is 4.55 Å². The van der Waals surface area contributed by atoms with E-state index in [4.69, 9.17) is 9.47 Å². The third-order valence-electron chi connectivity index (χ3n) is 12.0. The van der Waals surface area contributed by atoms with E-state index in [0.717, 1.165) is 50.7 Å². The van der Waals surface area contributed by atoms with Crippen LogP contribution in [0.4, 0.5) is 0 Å². The van der Waals surface area contributed by atoms with Gasteiger partial charge in [0.15, 0.2) is 0 Å². The Morgan fingerprint density at radius 2 is 0.694 bits per heavy atom. The second kappa shape index (κ2) is 42.5. The zero-order valence-electron chi connectivity index (χ0n) is 40.1. The van der Waals surface area contributed by atoms with Gasteiger partial charge in [0.1, 0.15) is 0 Å². The van der Waals surface area contributed by atoms with Crippen molar-refractivity contribution in [1.82, 2.24) is 0 Å². The van der Waals surface area contributed by atoms with Gasteiger partial charge in [0.2, 0.25) is 0 Å². The van der Waals surface area contributed by atoms with Crippen LogP contribution in [0.5, 0.6) is 0 Å². The predicted octanol–water partition coefficient (Wildman–Crippen LogP) is 17.2. The molecular formula is C54H94O7S. The second-order valence-corrected chi connectivity index (χ2v) is 19.3. The number of carbonyl (C=O) groups is 2. The Morgan fingerprint density at radius 3 is 1.00 bits per heavy atom. The molecule has 1 aromatic rings. The molecule has 0 saturated heterocycles. The number of allylic oxidation sites excluding steroid dienone is 4. The van der Waals surface area contributed by atoms with Crippen molar-refractivity contribution in [2.24, 2.45) is 0 Å². The van der Waals surface area contributed by atoms with Crippen LogP contribution in [0.25, 0.3) is 0 Å². The van der Waals surface area contributed by atoms with Gasteiger partial charge >= 0.3 is 11.9 Å². The van der Waals surface area contributed by atoms with Crippen LogP contribution in [-0.4, -0.2) is 38.1 Å². The van der Waals surface area contributed by atoms with Crippen LogP contribution in [0, 0.1) is 0 Å². The maximum atomic E-state index is 13.0. The molecule has 0 atom stereocenters. The highest BCUT2D eigenvalue weighted by Gasteiger charge is 2.23. The Morgan fingerprint density at radius 1 is 0.419 bits per heavy atom. The van der Waals surface area contributed by atoms with Crippen LogP contribution < -0.4 is 0 Å². The molecule has 0 bridgehead atoms. The monoisotopic (exact) mass is 887 g/mol. The van der Waals surface area contributed by atoms with E-state index < -0.39 is 27.0 Å². The minimum absolute atomic E-state index is 0.0568. The molecule has 358 valence electrons. The van der Waals surface area contributed by atoms with E-state index in [1.807, 2.05) is 0 Å². The first kappa shape index (κ1) is 57.6. The molecule has 0 aliphatic carbocycles. The molecule has 7 nitrogen and oxygen atoms in total. The van der Waals surface area contributed by atoms with E-state index in [1.54, 1.807) is 0 Å². The average molecular weight is 887 g/mol. The number of hydrogen-bond donors (Lipinski definition) is 1. The molecule has 8 heteroatoms. The number of unbranched alkanes of at least 4 members (excludes halogenated alkanes) is 34. The SMILES string of the molecule is CCCCCCC/C=C/CCCCCCCCCCCCCCOC(=O)c1ccc(S(=O)(=O)O)cc1C(=O)OCCCCCCCCCCCCCC/C=C/CCCCCCC. The van der Waals surface area contributed by atoms with Crippen molar-refractivity contribution in [2.75, 3.05) is 13.2 Å². The lowest BCUT2D eigenvalue weighted by Crippen LogP contribution is -2.16. The van der Waals surface area contributed by atoms with E-state index >= 15 is 0 Å². The van der Waals surface area contributed by atoms with Crippen molar-refractivity contribution in [2.45, 2.75) is 263 Å². The number of esters is 2.